The van der Waals surface area contributed by atoms with Gasteiger partial charge in [0.25, 0.3) is 0 Å². The summed E-state index contributed by atoms with van der Waals surface area (Å²) in [7, 11) is 0. The molecule has 0 bridgehead atoms. The topological polar surface area (TPSA) is 89.1 Å². The molecule has 1 aliphatic heterocycles. The van der Waals surface area contributed by atoms with E-state index in [9.17, 15) is 4.79 Å². The van der Waals surface area contributed by atoms with Crippen LogP contribution in [0.15, 0.2) is 14.8 Å². The first-order chi connectivity index (χ1) is 9.13. The molecule has 1 aliphatic rings. The molecule has 0 atom stereocenters. The Balaban J connectivity index is 2.16. The molecule has 19 heavy (non-hydrogen) atoms. The quantitative estimate of drug-likeness (QED) is 0.830. The van der Waals surface area contributed by atoms with E-state index in [2.05, 4.69) is 14.0 Å². The van der Waals surface area contributed by atoms with E-state index in [1.54, 1.807) is 0 Å². The SMILES string of the molecule is NCCOCC(=O)Nc1c(Cl)cc(Cl)c2c1N=S=N2. The first-order valence-corrected chi connectivity index (χ1v) is 6.80. The van der Waals surface area contributed by atoms with Crippen LogP contribution in [-0.4, -0.2) is 25.7 Å². The summed E-state index contributed by atoms with van der Waals surface area (Å²) in [6, 6.07) is 1.52. The highest BCUT2D eigenvalue weighted by atomic mass is 35.5. The lowest BCUT2D eigenvalue weighted by atomic mass is 10.2. The fraction of sp³-hybridized carbons (Fsp3) is 0.300. The number of amides is 1. The molecule has 102 valence electrons. The normalized spacial score (nSPS) is 12.2. The molecule has 1 aromatic rings. The molecule has 9 heteroatoms. The largest absolute Gasteiger partial charge is 0.370 e. The Labute approximate surface area is 123 Å². The van der Waals surface area contributed by atoms with E-state index in [1.165, 1.54) is 6.07 Å². The molecule has 3 N–H and O–H groups in total. The Morgan fingerprint density at radius 2 is 2.11 bits per heavy atom. The molecule has 0 fully saturated rings. The van der Waals surface area contributed by atoms with E-state index < -0.39 is 0 Å². The van der Waals surface area contributed by atoms with Crippen molar-refractivity contribution in [3.05, 3.63) is 16.1 Å². The number of carbonyl (C=O) groups is 1. The van der Waals surface area contributed by atoms with Crippen molar-refractivity contribution in [2.45, 2.75) is 0 Å². The summed E-state index contributed by atoms with van der Waals surface area (Å²) in [5.41, 5.74) is 6.62. The minimum absolute atomic E-state index is 0.102. The fourth-order valence-corrected chi connectivity index (χ4v) is 2.58. The zero-order valence-electron chi connectivity index (χ0n) is 9.65. The van der Waals surface area contributed by atoms with E-state index in [1.807, 2.05) is 0 Å². The molecule has 2 rings (SSSR count). The minimum Gasteiger partial charge on any atom is -0.370 e. The van der Waals surface area contributed by atoms with Crippen LogP contribution in [0, 0.1) is 0 Å². The molecule has 0 saturated carbocycles. The van der Waals surface area contributed by atoms with Gasteiger partial charge in [0.1, 0.15) is 18.0 Å². The van der Waals surface area contributed by atoms with Gasteiger partial charge in [0, 0.05) is 6.54 Å². The van der Waals surface area contributed by atoms with Crippen molar-refractivity contribution in [1.82, 2.24) is 0 Å². The summed E-state index contributed by atoms with van der Waals surface area (Å²) >= 11 is 13.0. The second-order valence-electron chi connectivity index (χ2n) is 3.57. The molecule has 0 aromatic heterocycles. The number of anilines is 1. The number of rotatable bonds is 5. The predicted octanol–water partition coefficient (Wildman–Crippen LogP) is 2.63. The summed E-state index contributed by atoms with van der Waals surface area (Å²) < 4.78 is 13.2. The van der Waals surface area contributed by atoms with Crippen molar-refractivity contribution >= 4 is 57.5 Å². The predicted molar refractivity (Wildman–Crippen MR) is 76.5 cm³/mol. The van der Waals surface area contributed by atoms with Crippen LogP contribution in [-0.2, 0) is 20.9 Å². The molecule has 1 amide bonds. The Hall–Kier alpha value is -0.990. The van der Waals surface area contributed by atoms with Crippen LogP contribution >= 0.6 is 23.2 Å². The van der Waals surface area contributed by atoms with Crippen LogP contribution < -0.4 is 11.1 Å². The second-order valence-corrected chi connectivity index (χ2v) is 4.91. The lowest BCUT2D eigenvalue weighted by Crippen LogP contribution is -2.21. The standard InChI is InChI=1S/C10H10Cl2N4O2S/c11-5-3-6(12)9-10(16-19-15-9)8(5)14-7(17)4-18-2-1-13/h3H,1-2,4,13H2,(H,14,17). The molecule has 0 unspecified atom stereocenters. The van der Waals surface area contributed by atoms with Gasteiger partial charge in [0.15, 0.2) is 0 Å². The van der Waals surface area contributed by atoms with E-state index in [4.69, 9.17) is 33.7 Å². The average molecular weight is 321 g/mol. The highest BCUT2D eigenvalue weighted by Crippen LogP contribution is 2.47. The zero-order valence-corrected chi connectivity index (χ0v) is 12.0. The molecule has 0 radical (unpaired) electrons. The molecule has 6 nitrogen and oxygen atoms in total. The van der Waals surface area contributed by atoms with Crippen molar-refractivity contribution < 1.29 is 9.53 Å². The van der Waals surface area contributed by atoms with Gasteiger partial charge in [0.05, 0.1) is 33.7 Å². The Morgan fingerprint density at radius 3 is 2.84 bits per heavy atom. The zero-order chi connectivity index (χ0) is 13.8. The lowest BCUT2D eigenvalue weighted by Gasteiger charge is -2.11. The highest BCUT2D eigenvalue weighted by Gasteiger charge is 2.20. The summed E-state index contributed by atoms with van der Waals surface area (Å²) in [5, 5.41) is 3.33. The fourth-order valence-electron chi connectivity index (χ4n) is 1.42. The number of halogens is 2. The molecule has 1 heterocycles. The number of nitrogens with zero attached hydrogens (tertiary/aromatic N) is 2. The van der Waals surface area contributed by atoms with Gasteiger partial charge >= 0.3 is 0 Å². The van der Waals surface area contributed by atoms with Crippen molar-refractivity contribution in [3.8, 4) is 0 Å². The molecular weight excluding hydrogens is 311 g/mol. The van der Waals surface area contributed by atoms with Crippen LogP contribution in [0.3, 0.4) is 0 Å². The average Bonchev–Trinajstić information content (AvgIpc) is 2.84. The van der Waals surface area contributed by atoms with Gasteiger partial charge in [-0.2, -0.15) is 8.73 Å². The first kappa shape index (κ1) is 14.4. The second kappa shape index (κ2) is 6.44. The van der Waals surface area contributed by atoms with Crippen LogP contribution in [0.1, 0.15) is 0 Å². The number of fused-ring (bicyclic) bond motifs is 1. The summed E-state index contributed by atoms with van der Waals surface area (Å²) in [5.74, 6) is -0.341. The van der Waals surface area contributed by atoms with Crippen molar-refractivity contribution in [2.24, 2.45) is 14.5 Å². The lowest BCUT2D eigenvalue weighted by molar-refractivity contribution is -0.120. The molecule has 0 spiro atoms. The monoisotopic (exact) mass is 320 g/mol. The van der Waals surface area contributed by atoms with Crippen molar-refractivity contribution in [2.75, 3.05) is 25.1 Å². The first-order valence-electron chi connectivity index (χ1n) is 5.31. The van der Waals surface area contributed by atoms with Gasteiger partial charge in [-0.15, -0.1) is 0 Å². The summed E-state index contributed by atoms with van der Waals surface area (Å²) in [6.45, 7) is 0.569. The van der Waals surface area contributed by atoms with E-state index >= 15 is 0 Å². The number of nitrogens with one attached hydrogen (secondary N) is 1. The maximum absolute atomic E-state index is 11.7. The van der Waals surface area contributed by atoms with E-state index in [-0.39, 0.29) is 12.5 Å². The van der Waals surface area contributed by atoms with Crippen LogP contribution in [0.4, 0.5) is 17.1 Å². The van der Waals surface area contributed by atoms with Gasteiger partial charge in [-0.25, -0.2) is 0 Å². The van der Waals surface area contributed by atoms with E-state index in [0.29, 0.717) is 40.3 Å². The van der Waals surface area contributed by atoms with Gasteiger partial charge in [-0.1, -0.05) is 23.2 Å². The number of hydrogen-bond acceptors (Lipinski definition) is 5. The number of ether oxygens (including phenoxy) is 1. The summed E-state index contributed by atoms with van der Waals surface area (Å²) in [6.07, 6.45) is 0. The van der Waals surface area contributed by atoms with Crippen LogP contribution in [0.2, 0.25) is 10.0 Å². The Bertz CT molecular complexity index is 587. The van der Waals surface area contributed by atoms with Crippen molar-refractivity contribution in [1.29, 1.82) is 0 Å². The Kier molecular flexibility index (Phi) is 4.89. The third-order valence-electron chi connectivity index (χ3n) is 2.20. The maximum atomic E-state index is 11.7. The van der Waals surface area contributed by atoms with Crippen molar-refractivity contribution in [3.63, 3.8) is 0 Å². The third-order valence-corrected chi connectivity index (χ3v) is 3.32. The minimum atomic E-state index is -0.341. The molecular formula is C10H10Cl2N4O2S. The summed E-state index contributed by atoms with van der Waals surface area (Å²) in [4.78, 5) is 11.7. The number of nitrogens with two attached hydrogens (primary N) is 1. The molecule has 0 saturated heterocycles. The number of carbonyl (C=O) groups excluding carboxylic acids is 1. The maximum Gasteiger partial charge on any atom is 0.250 e. The van der Waals surface area contributed by atoms with Crippen LogP contribution in [0.5, 0.6) is 0 Å². The molecule has 1 aromatic carbocycles. The smallest absolute Gasteiger partial charge is 0.250 e. The van der Waals surface area contributed by atoms with E-state index in [0.717, 1.165) is 11.4 Å². The number of benzene rings is 1. The molecule has 0 aliphatic carbocycles. The van der Waals surface area contributed by atoms with Gasteiger partial charge < -0.3 is 15.8 Å². The number of hydrogen-bond donors (Lipinski definition) is 2. The van der Waals surface area contributed by atoms with Gasteiger partial charge in [-0.3, -0.25) is 4.79 Å². The van der Waals surface area contributed by atoms with Gasteiger partial charge in [0.2, 0.25) is 5.91 Å². The highest BCUT2D eigenvalue weighted by molar-refractivity contribution is 7.58. The third kappa shape index (κ3) is 3.31. The van der Waals surface area contributed by atoms with Crippen LogP contribution in [0.25, 0.3) is 0 Å². The Morgan fingerprint density at radius 1 is 1.37 bits per heavy atom. The van der Waals surface area contributed by atoms with Gasteiger partial charge in [-0.05, 0) is 6.07 Å².